The minimum absolute atomic E-state index is 0.260. The number of aliphatic hydroxyl groups is 1. The van der Waals surface area contributed by atoms with Crippen molar-refractivity contribution < 1.29 is 14.6 Å². The van der Waals surface area contributed by atoms with Gasteiger partial charge in [0.05, 0.1) is 12.7 Å². The van der Waals surface area contributed by atoms with Crippen LogP contribution >= 0.6 is 0 Å². The van der Waals surface area contributed by atoms with E-state index >= 15 is 0 Å². The van der Waals surface area contributed by atoms with Crippen LogP contribution in [-0.4, -0.2) is 40.6 Å². The van der Waals surface area contributed by atoms with Crippen LogP contribution in [0, 0.1) is 0 Å². The first kappa shape index (κ1) is 12.0. The number of ether oxygens (including phenoxy) is 2. The molecule has 3 atom stereocenters. The van der Waals surface area contributed by atoms with Gasteiger partial charge < -0.3 is 14.6 Å². The Morgan fingerprint density at radius 2 is 2.41 bits per heavy atom. The van der Waals surface area contributed by atoms with Crippen molar-refractivity contribution in [3.05, 3.63) is 33.1 Å². The molecule has 17 heavy (non-hydrogen) atoms. The number of H-pyrrole nitrogens is 1. The molecule has 3 unspecified atom stereocenters. The van der Waals surface area contributed by atoms with Gasteiger partial charge in [-0.15, -0.1) is 0 Å². The van der Waals surface area contributed by atoms with Crippen LogP contribution in [0.5, 0.6) is 0 Å². The summed E-state index contributed by atoms with van der Waals surface area (Å²) in [5.41, 5.74) is -1.01. The molecule has 1 aromatic rings. The van der Waals surface area contributed by atoms with Crippen molar-refractivity contribution in [1.29, 1.82) is 0 Å². The summed E-state index contributed by atoms with van der Waals surface area (Å²) in [5, 5.41) is 9.70. The molecule has 0 aromatic carbocycles. The van der Waals surface area contributed by atoms with Crippen LogP contribution in [0.2, 0.25) is 0 Å². The lowest BCUT2D eigenvalue weighted by atomic mass is 10.2. The number of hydrogen-bond donors (Lipinski definition) is 2. The Morgan fingerprint density at radius 3 is 3.06 bits per heavy atom. The topological polar surface area (TPSA) is 93.5 Å². The Labute approximate surface area is 96.6 Å². The summed E-state index contributed by atoms with van der Waals surface area (Å²) in [4.78, 5) is 24.6. The predicted molar refractivity (Wildman–Crippen MR) is 57.7 cm³/mol. The zero-order valence-electron chi connectivity index (χ0n) is 9.33. The monoisotopic (exact) mass is 242 g/mol. The average molecular weight is 242 g/mol. The molecule has 0 amide bonds. The lowest BCUT2D eigenvalue weighted by Gasteiger charge is -2.14. The van der Waals surface area contributed by atoms with Gasteiger partial charge in [0.2, 0.25) is 0 Å². The maximum absolute atomic E-state index is 11.5. The molecule has 7 nitrogen and oxygen atoms in total. The molecule has 1 aliphatic rings. The van der Waals surface area contributed by atoms with E-state index in [4.69, 9.17) is 9.47 Å². The Balaban J connectivity index is 2.19. The number of aliphatic hydroxyl groups excluding tert-OH is 1. The zero-order valence-corrected chi connectivity index (χ0v) is 9.33. The second-order valence-corrected chi connectivity index (χ2v) is 3.90. The Morgan fingerprint density at radius 1 is 1.65 bits per heavy atom. The molecule has 2 rings (SSSR count). The number of methoxy groups -OCH3 is 1. The molecular formula is C10H14N2O5. The molecule has 0 saturated carbocycles. The van der Waals surface area contributed by atoms with Crippen LogP contribution < -0.4 is 11.2 Å². The standard InChI is InChI=1S/C10H14N2O5/c1-16-5-7-6(13)4-9(17-7)12-3-2-8(14)11-10(12)15/h2-3,6-7,9,13H,4-5H2,1H3,(H,11,14,15). The fraction of sp³-hybridized carbons (Fsp3) is 0.600. The third-order valence-electron chi connectivity index (χ3n) is 2.70. The number of aromatic nitrogens is 2. The summed E-state index contributed by atoms with van der Waals surface area (Å²) < 4.78 is 11.6. The summed E-state index contributed by atoms with van der Waals surface area (Å²) in [6.45, 7) is 0.260. The van der Waals surface area contributed by atoms with E-state index in [1.165, 1.54) is 23.9 Å². The van der Waals surface area contributed by atoms with E-state index in [0.717, 1.165) is 0 Å². The van der Waals surface area contributed by atoms with Gasteiger partial charge in [-0.2, -0.15) is 0 Å². The van der Waals surface area contributed by atoms with Gasteiger partial charge in [0.25, 0.3) is 5.56 Å². The third-order valence-corrected chi connectivity index (χ3v) is 2.70. The van der Waals surface area contributed by atoms with Crippen molar-refractivity contribution in [3.63, 3.8) is 0 Å². The van der Waals surface area contributed by atoms with E-state index in [-0.39, 0.29) is 6.61 Å². The largest absolute Gasteiger partial charge is 0.390 e. The maximum atomic E-state index is 11.5. The minimum atomic E-state index is -0.682. The van der Waals surface area contributed by atoms with Crippen LogP contribution in [0.3, 0.4) is 0 Å². The SMILES string of the molecule is COCC1OC(n2ccc(=O)[nH]c2=O)CC1O. The number of rotatable bonds is 3. The lowest BCUT2D eigenvalue weighted by Crippen LogP contribution is -2.31. The van der Waals surface area contributed by atoms with Crippen LogP contribution in [0.15, 0.2) is 21.9 Å². The molecule has 1 aliphatic heterocycles. The highest BCUT2D eigenvalue weighted by molar-refractivity contribution is 4.88. The molecule has 0 radical (unpaired) electrons. The van der Waals surface area contributed by atoms with E-state index < -0.39 is 29.7 Å². The second-order valence-electron chi connectivity index (χ2n) is 3.90. The van der Waals surface area contributed by atoms with Crippen LogP contribution in [0.4, 0.5) is 0 Å². The fourth-order valence-electron chi connectivity index (χ4n) is 1.85. The Hall–Kier alpha value is -1.44. The molecule has 1 saturated heterocycles. The second kappa shape index (κ2) is 4.82. The highest BCUT2D eigenvalue weighted by Crippen LogP contribution is 2.27. The van der Waals surface area contributed by atoms with E-state index in [9.17, 15) is 14.7 Å². The maximum Gasteiger partial charge on any atom is 0.330 e. The summed E-state index contributed by atoms with van der Waals surface area (Å²) in [7, 11) is 1.51. The number of hydrogen-bond acceptors (Lipinski definition) is 5. The van der Waals surface area contributed by atoms with Gasteiger partial charge in [-0.05, 0) is 0 Å². The molecule has 0 aliphatic carbocycles. The zero-order chi connectivity index (χ0) is 12.4. The number of aromatic amines is 1. The van der Waals surface area contributed by atoms with Gasteiger partial charge in [0.15, 0.2) is 0 Å². The fourth-order valence-corrected chi connectivity index (χ4v) is 1.85. The van der Waals surface area contributed by atoms with Crippen molar-refractivity contribution in [2.45, 2.75) is 24.9 Å². The van der Waals surface area contributed by atoms with Gasteiger partial charge in [-0.1, -0.05) is 0 Å². The molecule has 1 aromatic heterocycles. The van der Waals surface area contributed by atoms with E-state index in [1.807, 2.05) is 0 Å². The molecule has 2 heterocycles. The summed E-state index contributed by atoms with van der Waals surface area (Å²) >= 11 is 0. The first-order valence-electron chi connectivity index (χ1n) is 5.25. The van der Waals surface area contributed by atoms with Gasteiger partial charge in [-0.3, -0.25) is 14.3 Å². The molecule has 94 valence electrons. The van der Waals surface area contributed by atoms with Gasteiger partial charge in [0, 0.05) is 25.8 Å². The first-order valence-corrected chi connectivity index (χ1v) is 5.25. The van der Waals surface area contributed by atoms with Crippen LogP contribution in [0.1, 0.15) is 12.6 Å². The van der Waals surface area contributed by atoms with Gasteiger partial charge in [-0.25, -0.2) is 4.79 Å². The normalized spacial score (nSPS) is 28.5. The van der Waals surface area contributed by atoms with E-state index in [1.54, 1.807) is 0 Å². The highest BCUT2D eigenvalue weighted by Gasteiger charge is 2.35. The summed E-state index contributed by atoms with van der Waals surface area (Å²) in [6.07, 6.45) is -0.0645. The molecule has 0 spiro atoms. The van der Waals surface area contributed by atoms with Crippen molar-refractivity contribution in [1.82, 2.24) is 9.55 Å². The summed E-state index contributed by atoms with van der Waals surface area (Å²) in [6, 6.07) is 1.24. The smallest absolute Gasteiger partial charge is 0.330 e. The Kier molecular flexibility index (Phi) is 3.41. The number of nitrogens with zero attached hydrogens (tertiary/aromatic N) is 1. The van der Waals surface area contributed by atoms with Gasteiger partial charge >= 0.3 is 5.69 Å². The summed E-state index contributed by atoms with van der Waals surface area (Å²) in [5.74, 6) is 0. The number of nitrogens with one attached hydrogen (secondary N) is 1. The minimum Gasteiger partial charge on any atom is -0.390 e. The molecule has 7 heteroatoms. The van der Waals surface area contributed by atoms with Crippen LogP contribution in [-0.2, 0) is 9.47 Å². The molecular weight excluding hydrogens is 228 g/mol. The predicted octanol–water partition coefficient (Wildman–Crippen LogP) is -1.17. The third kappa shape index (κ3) is 2.46. The van der Waals surface area contributed by atoms with E-state index in [0.29, 0.717) is 6.42 Å². The van der Waals surface area contributed by atoms with Gasteiger partial charge in [0.1, 0.15) is 12.3 Å². The van der Waals surface area contributed by atoms with Crippen molar-refractivity contribution in [2.75, 3.05) is 13.7 Å². The quantitative estimate of drug-likeness (QED) is 0.696. The van der Waals surface area contributed by atoms with Crippen molar-refractivity contribution >= 4 is 0 Å². The molecule has 2 N–H and O–H groups in total. The Bertz CT molecular complexity index is 494. The molecule has 0 bridgehead atoms. The first-order chi connectivity index (χ1) is 8.11. The average Bonchev–Trinajstić information content (AvgIpc) is 2.60. The van der Waals surface area contributed by atoms with Crippen molar-refractivity contribution in [2.24, 2.45) is 0 Å². The van der Waals surface area contributed by atoms with Crippen molar-refractivity contribution in [3.8, 4) is 0 Å². The van der Waals surface area contributed by atoms with Crippen LogP contribution in [0.25, 0.3) is 0 Å². The lowest BCUT2D eigenvalue weighted by molar-refractivity contribution is -0.0547. The molecule has 1 fully saturated rings. The highest BCUT2D eigenvalue weighted by atomic mass is 16.6. The van der Waals surface area contributed by atoms with E-state index in [2.05, 4.69) is 4.98 Å².